The number of nitrogens with zero attached hydrogens (tertiary/aromatic N) is 3. The number of anilines is 1. The highest BCUT2D eigenvalue weighted by atomic mass is 35.5. The van der Waals surface area contributed by atoms with E-state index in [-0.39, 0.29) is 41.1 Å². The molecule has 0 unspecified atom stereocenters. The third kappa shape index (κ3) is 8.92. The second kappa shape index (κ2) is 15.5. The zero-order valence-corrected chi connectivity index (χ0v) is 27.0. The number of nitro benzene ring substituents is 1. The molecule has 0 bridgehead atoms. The number of halogens is 1. The zero-order chi connectivity index (χ0) is 33.3. The van der Waals surface area contributed by atoms with Gasteiger partial charge < -0.3 is 10.2 Å². The summed E-state index contributed by atoms with van der Waals surface area (Å²) in [7, 11) is -4.33. The van der Waals surface area contributed by atoms with Crippen LogP contribution in [0.1, 0.15) is 25.0 Å². The van der Waals surface area contributed by atoms with Gasteiger partial charge in [-0.1, -0.05) is 86.1 Å². The Bertz CT molecular complexity index is 1750. The summed E-state index contributed by atoms with van der Waals surface area (Å²) >= 11 is 6.27. The maximum absolute atomic E-state index is 14.4. The first-order valence-electron chi connectivity index (χ1n) is 14.6. The molecular weight excluding hydrogens is 628 g/mol. The Balaban J connectivity index is 1.80. The Morgan fingerprint density at radius 1 is 0.870 bits per heavy atom. The van der Waals surface area contributed by atoms with Gasteiger partial charge in [-0.15, -0.1) is 0 Å². The largest absolute Gasteiger partial charge is 0.354 e. The van der Waals surface area contributed by atoms with Crippen LogP contribution >= 0.6 is 11.6 Å². The number of carbonyl (C=O) groups is 2. The molecule has 0 fully saturated rings. The zero-order valence-electron chi connectivity index (χ0n) is 25.5. The smallest absolute Gasteiger partial charge is 0.269 e. The monoisotopic (exact) mass is 662 g/mol. The van der Waals surface area contributed by atoms with Crippen LogP contribution in [0.5, 0.6) is 0 Å². The van der Waals surface area contributed by atoms with Gasteiger partial charge in [-0.2, -0.15) is 0 Å². The lowest BCUT2D eigenvalue weighted by Gasteiger charge is -2.34. The fourth-order valence-corrected chi connectivity index (χ4v) is 6.45. The summed E-state index contributed by atoms with van der Waals surface area (Å²) in [6.07, 6.45) is 0.167. The van der Waals surface area contributed by atoms with Crippen molar-refractivity contribution in [2.45, 2.75) is 37.8 Å². The van der Waals surface area contributed by atoms with Crippen LogP contribution in [0.25, 0.3) is 0 Å². The molecular formula is C34H35ClN4O6S. The maximum Gasteiger partial charge on any atom is 0.269 e. The number of hydrogen-bond acceptors (Lipinski definition) is 6. The Labute approximate surface area is 273 Å². The lowest BCUT2D eigenvalue weighted by Crippen LogP contribution is -2.53. The number of benzene rings is 4. The van der Waals surface area contributed by atoms with E-state index in [1.165, 1.54) is 41.3 Å². The fraction of sp³-hybridized carbons (Fsp3) is 0.235. The molecule has 4 rings (SSSR count). The number of sulfonamides is 1. The molecule has 240 valence electrons. The van der Waals surface area contributed by atoms with Crippen molar-refractivity contribution in [1.82, 2.24) is 10.2 Å². The van der Waals surface area contributed by atoms with Crippen molar-refractivity contribution in [2.24, 2.45) is 5.92 Å². The molecule has 10 nitrogen and oxygen atoms in total. The summed E-state index contributed by atoms with van der Waals surface area (Å²) in [5, 5.41) is 14.7. The predicted octanol–water partition coefficient (Wildman–Crippen LogP) is 5.86. The van der Waals surface area contributed by atoms with E-state index in [4.69, 9.17) is 11.6 Å². The molecule has 0 aromatic heterocycles. The van der Waals surface area contributed by atoms with Gasteiger partial charge in [0.2, 0.25) is 11.8 Å². The Hall–Kier alpha value is -4.74. The number of rotatable bonds is 14. The summed E-state index contributed by atoms with van der Waals surface area (Å²) in [6, 6.07) is 27.6. The van der Waals surface area contributed by atoms with E-state index >= 15 is 0 Å². The average Bonchev–Trinajstić information content (AvgIpc) is 3.05. The van der Waals surface area contributed by atoms with E-state index in [1.807, 2.05) is 44.2 Å². The predicted molar refractivity (Wildman–Crippen MR) is 178 cm³/mol. The van der Waals surface area contributed by atoms with Gasteiger partial charge >= 0.3 is 0 Å². The van der Waals surface area contributed by atoms with Crippen LogP contribution in [-0.4, -0.2) is 49.2 Å². The minimum atomic E-state index is -4.33. The first-order chi connectivity index (χ1) is 22.0. The van der Waals surface area contributed by atoms with Crippen molar-refractivity contribution < 1.29 is 22.9 Å². The van der Waals surface area contributed by atoms with E-state index in [1.54, 1.807) is 42.5 Å². The van der Waals surface area contributed by atoms with Gasteiger partial charge in [-0.05, 0) is 53.4 Å². The van der Waals surface area contributed by atoms with Gasteiger partial charge in [0.25, 0.3) is 15.7 Å². The lowest BCUT2D eigenvalue weighted by atomic mass is 10.0. The molecule has 2 amide bonds. The third-order valence-electron chi connectivity index (χ3n) is 7.16. The lowest BCUT2D eigenvalue weighted by molar-refractivity contribution is -0.384. The third-order valence-corrected chi connectivity index (χ3v) is 9.18. The van der Waals surface area contributed by atoms with E-state index < -0.39 is 33.4 Å². The van der Waals surface area contributed by atoms with E-state index in [9.17, 15) is 28.1 Å². The molecule has 0 aliphatic carbocycles. The van der Waals surface area contributed by atoms with Gasteiger partial charge in [0.15, 0.2) is 0 Å². The molecule has 0 saturated heterocycles. The number of hydrogen-bond donors (Lipinski definition) is 1. The number of amides is 2. The van der Waals surface area contributed by atoms with Crippen molar-refractivity contribution in [2.75, 3.05) is 17.4 Å². The topological polar surface area (TPSA) is 130 Å². The highest BCUT2D eigenvalue weighted by Crippen LogP contribution is 2.27. The quantitative estimate of drug-likeness (QED) is 0.133. The molecule has 4 aromatic rings. The SMILES string of the molecule is CC(C)CNC(=O)[C@@H](Cc1ccccc1)N(Cc1cccc(Cl)c1)C(=O)CN(c1ccc([N+](=O)[O-])cc1)S(=O)(=O)c1ccccc1. The molecule has 0 aliphatic heterocycles. The van der Waals surface area contributed by atoms with Crippen LogP contribution in [-0.2, 0) is 32.6 Å². The van der Waals surface area contributed by atoms with Gasteiger partial charge in [-0.3, -0.25) is 24.0 Å². The van der Waals surface area contributed by atoms with Crippen molar-refractivity contribution in [3.05, 3.63) is 135 Å². The van der Waals surface area contributed by atoms with Gasteiger partial charge in [0.05, 0.1) is 15.5 Å². The molecule has 0 radical (unpaired) electrons. The first kappa shape index (κ1) is 34.1. The van der Waals surface area contributed by atoms with Gasteiger partial charge in [-0.25, -0.2) is 8.42 Å². The average molecular weight is 663 g/mol. The highest BCUT2D eigenvalue weighted by Gasteiger charge is 2.34. The maximum atomic E-state index is 14.4. The van der Waals surface area contributed by atoms with E-state index in [0.29, 0.717) is 17.1 Å². The number of non-ortho nitro benzene ring substituents is 1. The summed E-state index contributed by atoms with van der Waals surface area (Å²) in [4.78, 5) is 40.3. The molecule has 0 saturated carbocycles. The Morgan fingerprint density at radius 2 is 1.48 bits per heavy atom. The van der Waals surface area contributed by atoms with E-state index in [0.717, 1.165) is 9.87 Å². The second-order valence-corrected chi connectivity index (χ2v) is 13.4. The molecule has 46 heavy (non-hydrogen) atoms. The van der Waals surface area contributed by atoms with Gasteiger partial charge in [0.1, 0.15) is 12.6 Å². The number of nitrogens with one attached hydrogen (secondary N) is 1. The summed E-state index contributed by atoms with van der Waals surface area (Å²) in [5.74, 6) is -0.897. The standard InChI is InChI=1S/C34H35ClN4O6S/c1-25(2)22-36-34(41)32(21-26-10-5-3-6-11-26)37(23-27-12-9-13-28(35)20-27)33(40)24-38(29-16-18-30(19-17-29)39(42)43)46(44,45)31-14-7-4-8-15-31/h3-20,25,32H,21-24H2,1-2H3,(H,36,41)/t32-/m1/s1. The molecule has 1 atom stereocenters. The molecule has 0 heterocycles. The molecule has 0 spiro atoms. The molecule has 4 aromatic carbocycles. The van der Waals surface area contributed by atoms with Crippen molar-refractivity contribution in [3.63, 3.8) is 0 Å². The van der Waals surface area contributed by atoms with Crippen LogP contribution < -0.4 is 9.62 Å². The van der Waals surface area contributed by atoms with Crippen LogP contribution in [0, 0.1) is 16.0 Å². The fourth-order valence-electron chi connectivity index (χ4n) is 4.80. The number of carbonyl (C=O) groups excluding carboxylic acids is 2. The van der Waals surface area contributed by atoms with Crippen molar-refractivity contribution >= 4 is 44.8 Å². The normalized spacial score (nSPS) is 11.9. The second-order valence-electron chi connectivity index (χ2n) is 11.1. The summed E-state index contributed by atoms with van der Waals surface area (Å²) in [6.45, 7) is 3.57. The minimum absolute atomic E-state index is 0.0362. The van der Waals surface area contributed by atoms with Crippen LogP contribution in [0.3, 0.4) is 0 Å². The molecule has 0 aliphatic rings. The van der Waals surface area contributed by atoms with E-state index in [2.05, 4.69) is 5.32 Å². The molecule has 12 heteroatoms. The number of nitro groups is 1. The minimum Gasteiger partial charge on any atom is -0.354 e. The summed E-state index contributed by atoms with van der Waals surface area (Å²) in [5.41, 5.74) is 1.26. The molecule has 1 N–H and O–H groups in total. The Morgan fingerprint density at radius 3 is 2.07 bits per heavy atom. The van der Waals surface area contributed by atoms with Crippen molar-refractivity contribution in [3.8, 4) is 0 Å². The first-order valence-corrected chi connectivity index (χ1v) is 16.5. The Kier molecular flexibility index (Phi) is 11.5. The highest BCUT2D eigenvalue weighted by molar-refractivity contribution is 7.92. The van der Waals surface area contributed by atoms with Crippen molar-refractivity contribution in [1.29, 1.82) is 0 Å². The van der Waals surface area contributed by atoms with Gasteiger partial charge in [0, 0.05) is 36.7 Å². The van der Waals surface area contributed by atoms with Crippen LogP contribution in [0.4, 0.5) is 11.4 Å². The van der Waals surface area contributed by atoms with Crippen LogP contribution in [0.15, 0.2) is 114 Å². The van der Waals surface area contributed by atoms with Crippen LogP contribution in [0.2, 0.25) is 5.02 Å². The summed E-state index contributed by atoms with van der Waals surface area (Å²) < 4.78 is 28.9.